The number of hydrogen-bond acceptors (Lipinski definition) is 6. The zero-order valence-corrected chi connectivity index (χ0v) is 35.0. The van der Waals surface area contributed by atoms with Gasteiger partial charge in [0, 0.05) is 19.3 Å². The van der Waals surface area contributed by atoms with Crippen LogP contribution in [0.2, 0.25) is 0 Å². The molecular formula is C47H84O6. The van der Waals surface area contributed by atoms with Gasteiger partial charge in [-0.1, -0.05) is 160 Å². The summed E-state index contributed by atoms with van der Waals surface area (Å²) in [6, 6.07) is 0. The molecule has 0 radical (unpaired) electrons. The van der Waals surface area contributed by atoms with E-state index in [4.69, 9.17) is 14.2 Å². The maximum absolute atomic E-state index is 12.6. The highest BCUT2D eigenvalue weighted by atomic mass is 16.6. The lowest BCUT2D eigenvalue weighted by Gasteiger charge is -2.18. The molecule has 0 aromatic rings. The van der Waals surface area contributed by atoms with Crippen LogP contribution in [0.4, 0.5) is 0 Å². The molecule has 0 amide bonds. The predicted molar refractivity (Wildman–Crippen MR) is 224 cm³/mol. The molecule has 0 aliphatic carbocycles. The van der Waals surface area contributed by atoms with Crippen molar-refractivity contribution in [2.24, 2.45) is 0 Å². The molecule has 1 unspecified atom stereocenters. The van der Waals surface area contributed by atoms with Crippen molar-refractivity contribution in [1.29, 1.82) is 0 Å². The van der Waals surface area contributed by atoms with Crippen LogP contribution in [0.1, 0.15) is 226 Å². The minimum Gasteiger partial charge on any atom is -0.462 e. The molecule has 0 rings (SSSR count). The Morgan fingerprint density at radius 1 is 0.358 bits per heavy atom. The lowest BCUT2D eigenvalue weighted by atomic mass is 10.1. The van der Waals surface area contributed by atoms with E-state index in [-0.39, 0.29) is 31.1 Å². The summed E-state index contributed by atoms with van der Waals surface area (Å²) < 4.78 is 16.6. The molecule has 0 aromatic heterocycles. The first kappa shape index (κ1) is 50.6. The first-order valence-corrected chi connectivity index (χ1v) is 22.5. The van der Waals surface area contributed by atoms with Crippen molar-refractivity contribution in [3.63, 3.8) is 0 Å². The van der Waals surface area contributed by atoms with Gasteiger partial charge in [0.1, 0.15) is 13.2 Å². The normalized spacial score (nSPS) is 12.3. The summed E-state index contributed by atoms with van der Waals surface area (Å²) in [4.78, 5) is 37.6. The second kappa shape index (κ2) is 42.4. The number of unbranched alkanes of at least 4 members (excludes halogenated alkanes) is 23. The molecule has 0 aliphatic heterocycles. The van der Waals surface area contributed by atoms with Gasteiger partial charge in [-0.15, -0.1) is 0 Å². The van der Waals surface area contributed by atoms with Crippen LogP contribution >= 0.6 is 0 Å². The highest BCUT2D eigenvalue weighted by Crippen LogP contribution is 2.13. The van der Waals surface area contributed by atoms with Crippen LogP contribution in [-0.4, -0.2) is 37.2 Å². The van der Waals surface area contributed by atoms with Crippen LogP contribution in [0.25, 0.3) is 0 Å². The summed E-state index contributed by atoms with van der Waals surface area (Å²) in [5, 5.41) is 0. The molecule has 1 atom stereocenters. The van der Waals surface area contributed by atoms with Crippen LogP contribution in [0.3, 0.4) is 0 Å². The molecular weight excluding hydrogens is 661 g/mol. The van der Waals surface area contributed by atoms with Crippen molar-refractivity contribution in [2.75, 3.05) is 13.2 Å². The smallest absolute Gasteiger partial charge is 0.306 e. The fraction of sp³-hybridized carbons (Fsp3) is 0.809. The van der Waals surface area contributed by atoms with Gasteiger partial charge in [0.25, 0.3) is 0 Å². The zero-order chi connectivity index (χ0) is 38.7. The van der Waals surface area contributed by atoms with Gasteiger partial charge in [-0.05, 0) is 83.5 Å². The van der Waals surface area contributed by atoms with E-state index in [2.05, 4.69) is 57.2 Å². The van der Waals surface area contributed by atoms with Crippen LogP contribution in [0.5, 0.6) is 0 Å². The Labute approximate surface area is 327 Å². The van der Waals surface area contributed by atoms with Gasteiger partial charge in [0.15, 0.2) is 6.10 Å². The van der Waals surface area contributed by atoms with E-state index in [0.717, 1.165) is 77.0 Å². The van der Waals surface area contributed by atoms with Gasteiger partial charge in [-0.3, -0.25) is 14.4 Å². The van der Waals surface area contributed by atoms with Gasteiger partial charge in [-0.2, -0.15) is 0 Å². The average Bonchev–Trinajstić information content (AvgIpc) is 3.15. The first-order chi connectivity index (χ1) is 26.0. The quantitative estimate of drug-likeness (QED) is 0.0269. The Morgan fingerprint density at radius 2 is 0.660 bits per heavy atom. The minimum atomic E-state index is -0.787. The summed E-state index contributed by atoms with van der Waals surface area (Å²) >= 11 is 0. The monoisotopic (exact) mass is 745 g/mol. The molecule has 53 heavy (non-hydrogen) atoms. The van der Waals surface area contributed by atoms with E-state index in [1.165, 1.54) is 103 Å². The summed E-state index contributed by atoms with van der Waals surface area (Å²) in [5.41, 5.74) is 0. The number of carbonyl (C=O) groups excluding carboxylic acids is 3. The van der Waals surface area contributed by atoms with E-state index in [1.807, 2.05) is 0 Å². The topological polar surface area (TPSA) is 78.9 Å². The molecule has 0 heterocycles. The summed E-state index contributed by atoms with van der Waals surface area (Å²) in [5.74, 6) is -0.949. The predicted octanol–water partition coefficient (Wildman–Crippen LogP) is 14.2. The number of hydrogen-bond donors (Lipinski definition) is 0. The fourth-order valence-electron chi connectivity index (χ4n) is 6.13. The number of ether oxygens (including phenoxy) is 3. The van der Waals surface area contributed by atoms with E-state index < -0.39 is 6.10 Å². The molecule has 0 saturated heterocycles. The molecule has 0 fully saturated rings. The zero-order valence-electron chi connectivity index (χ0n) is 35.0. The molecule has 0 bridgehead atoms. The Morgan fingerprint density at radius 3 is 1.09 bits per heavy atom. The van der Waals surface area contributed by atoms with Crippen LogP contribution in [0.15, 0.2) is 36.5 Å². The molecule has 6 heteroatoms. The highest BCUT2D eigenvalue weighted by Gasteiger charge is 2.19. The van der Waals surface area contributed by atoms with Crippen molar-refractivity contribution < 1.29 is 28.6 Å². The molecule has 308 valence electrons. The van der Waals surface area contributed by atoms with E-state index in [1.54, 1.807) is 0 Å². The van der Waals surface area contributed by atoms with Crippen molar-refractivity contribution in [2.45, 2.75) is 232 Å². The van der Waals surface area contributed by atoms with E-state index in [9.17, 15) is 14.4 Å². The third-order valence-corrected chi connectivity index (χ3v) is 9.59. The van der Waals surface area contributed by atoms with Crippen LogP contribution in [0, 0.1) is 0 Å². The molecule has 0 N–H and O–H groups in total. The number of rotatable bonds is 40. The van der Waals surface area contributed by atoms with Crippen LogP contribution in [-0.2, 0) is 28.6 Å². The average molecular weight is 745 g/mol. The molecule has 6 nitrogen and oxygen atoms in total. The van der Waals surface area contributed by atoms with Crippen molar-refractivity contribution >= 4 is 17.9 Å². The minimum absolute atomic E-state index is 0.0891. The molecule has 0 saturated carbocycles. The largest absolute Gasteiger partial charge is 0.462 e. The fourth-order valence-corrected chi connectivity index (χ4v) is 6.13. The summed E-state index contributed by atoms with van der Waals surface area (Å²) in [7, 11) is 0. The summed E-state index contributed by atoms with van der Waals surface area (Å²) in [6.45, 7) is 6.50. The van der Waals surface area contributed by atoms with Crippen molar-refractivity contribution in [3.05, 3.63) is 36.5 Å². The van der Waals surface area contributed by atoms with Gasteiger partial charge < -0.3 is 14.2 Å². The Bertz CT molecular complexity index is 907. The van der Waals surface area contributed by atoms with E-state index >= 15 is 0 Å². The van der Waals surface area contributed by atoms with Gasteiger partial charge in [0.2, 0.25) is 0 Å². The Balaban J connectivity index is 4.35. The SMILES string of the molecule is CCCC/C=C\CCCCCCC(=O)OC(COC(=O)CCC/C=C\CCCCCC)COC(=O)CCCCCCC/C=C\CCCCCCCCC. The number of allylic oxidation sites excluding steroid dienone is 6. The third-order valence-electron chi connectivity index (χ3n) is 9.59. The third kappa shape index (κ3) is 40.6. The lowest BCUT2D eigenvalue weighted by Crippen LogP contribution is -2.30. The molecule has 0 spiro atoms. The second-order valence-corrected chi connectivity index (χ2v) is 14.9. The summed E-state index contributed by atoms with van der Waals surface area (Å²) in [6.07, 6.45) is 47.1. The molecule has 0 aromatic carbocycles. The number of carbonyl (C=O) groups is 3. The Kier molecular flexibility index (Phi) is 40.5. The maximum Gasteiger partial charge on any atom is 0.306 e. The maximum atomic E-state index is 12.6. The highest BCUT2D eigenvalue weighted by molar-refractivity contribution is 5.71. The van der Waals surface area contributed by atoms with Crippen LogP contribution < -0.4 is 0 Å². The standard InChI is InChI=1S/C47H84O6/c1-4-7-10-13-16-19-21-22-23-24-25-26-29-31-34-37-40-46(49)52-43-44(42-51-45(48)39-36-33-30-27-18-15-12-9-6-3)53-47(50)41-38-35-32-28-20-17-14-11-8-5-2/h14,17,23-24,27,30,44H,4-13,15-16,18-22,25-26,28-29,31-43H2,1-3H3/b17-14-,24-23-,30-27-. The second-order valence-electron chi connectivity index (χ2n) is 14.9. The van der Waals surface area contributed by atoms with Gasteiger partial charge >= 0.3 is 17.9 Å². The van der Waals surface area contributed by atoms with Gasteiger partial charge in [0.05, 0.1) is 0 Å². The molecule has 0 aliphatic rings. The Hall–Kier alpha value is -2.37. The van der Waals surface area contributed by atoms with Gasteiger partial charge in [-0.25, -0.2) is 0 Å². The van der Waals surface area contributed by atoms with Crippen molar-refractivity contribution in [3.8, 4) is 0 Å². The first-order valence-electron chi connectivity index (χ1n) is 22.5. The lowest BCUT2D eigenvalue weighted by molar-refractivity contribution is -0.167. The van der Waals surface area contributed by atoms with Crippen molar-refractivity contribution in [1.82, 2.24) is 0 Å². The number of esters is 3. The van der Waals surface area contributed by atoms with E-state index in [0.29, 0.717) is 25.7 Å².